The molecule has 2 aromatic rings. The summed E-state index contributed by atoms with van der Waals surface area (Å²) in [6.45, 7) is 3.94. The van der Waals surface area contributed by atoms with Gasteiger partial charge in [0.1, 0.15) is 16.9 Å². The zero-order valence-corrected chi connectivity index (χ0v) is 11.6. The van der Waals surface area contributed by atoms with E-state index in [0.29, 0.717) is 11.4 Å². The van der Waals surface area contributed by atoms with Gasteiger partial charge in [-0.3, -0.25) is 4.79 Å². The van der Waals surface area contributed by atoms with E-state index >= 15 is 0 Å². The fourth-order valence-corrected chi connectivity index (χ4v) is 2.63. The quantitative estimate of drug-likeness (QED) is 0.518. The molecule has 8 heteroatoms. The fraction of sp³-hybridized carbons (Fsp3) is 0.455. The second-order valence-corrected chi connectivity index (χ2v) is 5.38. The van der Waals surface area contributed by atoms with Crippen LogP contribution in [0.5, 0.6) is 0 Å². The predicted octanol–water partition coefficient (Wildman–Crippen LogP) is 0.297. The van der Waals surface area contributed by atoms with Crippen molar-refractivity contribution in [3.8, 4) is 0 Å². The van der Waals surface area contributed by atoms with E-state index in [9.17, 15) is 4.79 Å². The van der Waals surface area contributed by atoms with E-state index in [-0.39, 0.29) is 11.9 Å². The van der Waals surface area contributed by atoms with Crippen molar-refractivity contribution in [1.29, 1.82) is 0 Å². The standard InChI is InChI=1S/C11H16N6OS/c1-6(2)17-7(9(12)18)3-19-11-8-10(14-4-13-8)15-5-16-11/h4-7,17H,3H2,1-2H3,(H2,12,18)(H,13,14,15,16). The fourth-order valence-electron chi connectivity index (χ4n) is 1.63. The minimum absolute atomic E-state index is 0.190. The average Bonchev–Trinajstić information content (AvgIpc) is 2.82. The molecule has 0 aromatic carbocycles. The van der Waals surface area contributed by atoms with Gasteiger partial charge in [-0.05, 0) is 0 Å². The molecule has 0 saturated carbocycles. The largest absolute Gasteiger partial charge is 0.368 e. The summed E-state index contributed by atoms with van der Waals surface area (Å²) in [5, 5.41) is 3.89. The molecule has 1 unspecified atom stereocenters. The van der Waals surface area contributed by atoms with Crippen molar-refractivity contribution in [1.82, 2.24) is 25.3 Å². The first-order valence-electron chi connectivity index (χ1n) is 5.90. The summed E-state index contributed by atoms with van der Waals surface area (Å²) >= 11 is 1.45. The zero-order valence-electron chi connectivity index (χ0n) is 10.8. The number of nitrogens with two attached hydrogens (primary N) is 1. The highest BCUT2D eigenvalue weighted by molar-refractivity contribution is 7.99. The van der Waals surface area contributed by atoms with Gasteiger partial charge < -0.3 is 16.0 Å². The van der Waals surface area contributed by atoms with E-state index in [1.54, 1.807) is 6.33 Å². The molecule has 0 radical (unpaired) electrons. The number of hydrogen-bond donors (Lipinski definition) is 3. The van der Waals surface area contributed by atoms with Crippen LogP contribution >= 0.6 is 11.8 Å². The lowest BCUT2D eigenvalue weighted by molar-refractivity contribution is -0.119. The second kappa shape index (κ2) is 5.98. The normalized spacial score (nSPS) is 13.0. The van der Waals surface area contributed by atoms with Crippen LogP contribution in [0.4, 0.5) is 0 Å². The lowest BCUT2D eigenvalue weighted by atomic mass is 10.3. The van der Waals surface area contributed by atoms with E-state index in [2.05, 4.69) is 25.3 Å². The van der Waals surface area contributed by atoms with E-state index in [1.807, 2.05) is 13.8 Å². The molecule has 1 amide bonds. The number of H-pyrrole nitrogens is 1. The number of nitrogens with zero attached hydrogens (tertiary/aromatic N) is 3. The number of amides is 1. The Morgan fingerprint density at radius 1 is 1.47 bits per heavy atom. The van der Waals surface area contributed by atoms with Crippen LogP contribution in [0, 0.1) is 0 Å². The molecule has 0 saturated heterocycles. The van der Waals surface area contributed by atoms with Gasteiger partial charge >= 0.3 is 0 Å². The topological polar surface area (TPSA) is 110 Å². The SMILES string of the molecule is CC(C)NC(CSc1ncnc2nc[nH]c12)C(N)=O. The number of carbonyl (C=O) groups excluding carboxylic acids is 1. The van der Waals surface area contributed by atoms with Crippen molar-refractivity contribution in [2.75, 3.05) is 5.75 Å². The number of rotatable bonds is 6. The van der Waals surface area contributed by atoms with Crippen LogP contribution in [0.15, 0.2) is 17.7 Å². The Kier molecular flexibility index (Phi) is 4.33. The maximum atomic E-state index is 11.4. The summed E-state index contributed by atoms with van der Waals surface area (Å²) in [5.41, 5.74) is 6.77. The van der Waals surface area contributed by atoms with Crippen LogP contribution in [-0.2, 0) is 4.79 Å². The van der Waals surface area contributed by atoms with E-state index in [0.717, 1.165) is 10.5 Å². The molecule has 102 valence electrons. The molecule has 7 nitrogen and oxygen atoms in total. The first-order chi connectivity index (χ1) is 9.08. The highest BCUT2D eigenvalue weighted by Gasteiger charge is 2.17. The maximum Gasteiger partial charge on any atom is 0.235 e. The Bertz CT molecular complexity index is 569. The van der Waals surface area contributed by atoms with Gasteiger partial charge in [-0.15, -0.1) is 11.8 Å². The molecule has 0 spiro atoms. The van der Waals surface area contributed by atoms with E-state index in [1.165, 1.54) is 18.1 Å². The number of hydrogen-bond acceptors (Lipinski definition) is 6. The summed E-state index contributed by atoms with van der Waals surface area (Å²) in [6, 6.07) is -0.200. The summed E-state index contributed by atoms with van der Waals surface area (Å²) in [7, 11) is 0. The van der Waals surface area contributed by atoms with Crippen molar-refractivity contribution < 1.29 is 4.79 Å². The summed E-state index contributed by atoms with van der Waals surface area (Å²) in [5.74, 6) is 0.148. The smallest absolute Gasteiger partial charge is 0.235 e. The van der Waals surface area contributed by atoms with Crippen LogP contribution in [-0.4, -0.2) is 43.7 Å². The van der Waals surface area contributed by atoms with Crippen LogP contribution in [0.1, 0.15) is 13.8 Å². The molecular weight excluding hydrogens is 264 g/mol. The molecule has 1 atom stereocenters. The van der Waals surface area contributed by atoms with Crippen LogP contribution in [0.25, 0.3) is 11.2 Å². The number of carbonyl (C=O) groups is 1. The van der Waals surface area contributed by atoms with Crippen LogP contribution in [0.3, 0.4) is 0 Å². The summed E-state index contributed by atoms with van der Waals surface area (Å²) in [6.07, 6.45) is 3.03. The number of thioether (sulfide) groups is 1. The van der Waals surface area contributed by atoms with Gasteiger partial charge in [-0.2, -0.15) is 0 Å². The third kappa shape index (κ3) is 3.42. The number of imidazole rings is 1. The van der Waals surface area contributed by atoms with Crippen LogP contribution < -0.4 is 11.1 Å². The number of nitrogens with one attached hydrogen (secondary N) is 2. The minimum atomic E-state index is -0.391. The van der Waals surface area contributed by atoms with Gasteiger partial charge in [0.2, 0.25) is 5.91 Å². The average molecular weight is 280 g/mol. The lowest BCUT2D eigenvalue weighted by Gasteiger charge is -2.17. The van der Waals surface area contributed by atoms with Crippen molar-refractivity contribution in [2.24, 2.45) is 5.73 Å². The highest BCUT2D eigenvalue weighted by atomic mass is 32.2. The molecule has 2 heterocycles. The summed E-state index contributed by atoms with van der Waals surface area (Å²) in [4.78, 5) is 26.6. The molecule has 0 bridgehead atoms. The van der Waals surface area contributed by atoms with Crippen molar-refractivity contribution >= 4 is 28.8 Å². The van der Waals surface area contributed by atoms with E-state index in [4.69, 9.17) is 5.73 Å². The molecule has 2 aromatic heterocycles. The number of fused-ring (bicyclic) bond motifs is 1. The number of aromatic nitrogens is 4. The molecule has 0 aliphatic heterocycles. The van der Waals surface area contributed by atoms with Gasteiger partial charge in [0.05, 0.1) is 12.4 Å². The lowest BCUT2D eigenvalue weighted by Crippen LogP contribution is -2.46. The van der Waals surface area contributed by atoms with E-state index < -0.39 is 6.04 Å². The maximum absolute atomic E-state index is 11.4. The Morgan fingerprint density at radius 2 is 2.26 bits per heavy atom. The minimum Gasteiger partial charge on any atom is -0.368 e. The van der Waals surface area contributed by atoms with Gasteiger partial charge in [0, 0.05) is 11.8 Å². The Balaban J connectivity index is 2.08. The van der Waals surface area contributed by atoms with Gasteiger partial charge in [-0.1, -0.05) is 13.8 Å². The first-order valence-corrected chi connectivity index (χ1v) is 6.88. The molecule has 0 aliphatic carbocycles. The molecular formula is C11H16N6OS. The zero-order chi connectivity index (χ0) is 13.8. The van der Waals surface area contributed by atoms with Crippen molar-refractivity contribution in [3.05, 3.63) is 12.7 Å². The number of aromatic amines is 1. The first kappa shape index (κ1) is 13.8. The van der Waals surface area contributed by atoms with Crippen molar-refractivity contribution in [3.63, 3.8) is 0 Å². The molecule has 19 heavy (non-hydrogen) atoms. The van der Waals surface area contributed by atoms with Gasteiger partial charge in [0.25, 0.3) is 0 Å². The summed E-state index contributed by atoms with van der Waals surface area (Å²) < 4.78 is 0. The Hall–Kier alpha value is -1.67. The number of primary amides is 1. The Morgan fingerprint density at radius 3 is 2.95 bits per heavy atom. The molecule has 2 rings (SSSR count). The van der Waals surface area contributed by atoms with Gasteiger partial charge in [-0.25, -0.2) is 15.0 Å². The third-order valence-electron chi connectivity index (χ3n) is 2.45. The monoisotopic (exact) mass is 280 g/mol. The molecule has 0 aliphatic rings. The van der Waals surface area contributed by atoms with Crippen molar-refractivity contribution in [2.45, 2.75) is 31.0 Å². The molecule has 0 fully saturated rings. The van der Waals surface area contributed by atoms with Gasteiger partial charge in [0.15, 0.2) is 5.65 Å². The second-order valence-electron chi connectivity index (χ2n) is 4.37. The highest BCUT2D eigenvalue weighted by Crippen LogP contribution is 2.22. The molecule has 4 N–H and O–H groups in total. The Labute approximate surface area is 114 Å². The third-order valence-corrected chi connectivity index (χ3v) is 3.54. The van der Waals surface area contributed by atoms with Crippen LogP contribution in [0.2, 0.25) is 0 Å². The predicted molar refractivity (Wildman–Crippen MR) is 73.7 cm³/mol.